The fraction of sp³-hybridized carbons (Fsp3) is 0.684. The van der Waals surface area contributed by atoms with E-state index in [9.17, 15) is 4.79 Å². The number of hydrogen-bond acceptors (Lipinski definition) is 6. The highest BCUT2D eigenvalue weighted by molar-refractivity contribution is 5.93. The Morgan fingerprint density at radius 3 is 2.77 bits per heavy atom. The number of amides is 1. The van der Waals surface area contributed by atoms with Crippen LogP contribution in [0, 0.1) is 12.8 Å². The summed E-state index contributed by atoms with van der Waals surface area (Å²) in [5.74, 6) is 2.14. The number of carbonyl (C=O) groups excluding carboxylic acids is 1. The first kappa shape index (κ1) is 18.6. The van der Waals surface area contributed by atoms with Crippen molar-refractivity contribution in [1.29, 1.82) is 0 Å². The molecule has 0 N–H and O–H groups in total. The topological polar surface area (TPSA) is 70.9 Å². The second-order valence-electron chi connectivity index (χ2n) is 7.32. The van der Waals surface area contributed by atoms with E-state index in [4.69, 9.17) is 4.84 Å². The molecule has 2 aliphatic rings. The molecule has 0 saturated carbocycles. The number of aryl methyl sites for hydroxylation is 2. The number of oxime groups is 1. The molecule has 0 aliphatic carbocycles. The van der Waals surface area contributed by atoms with Crippen molar-refractivity contribution in [3.05, 3.63) is 17.6 Å². The number of aromatic nitrogens is 2. The van der Waals surface area contributed by atoms with Crippen LogP contribution in [0.1, 0.15) is 45.1 Å². The van der Waals surface area contributed by atoms with E-state index in [2.05, 4.69) is 46.9 Å². The lowest BCUT2D eigenvalue weighted by Crippen LogP contribution is -2.41. The Morgan fingerprint density at radius 1 is 1.27 bits per heavy atom. The summed E-state index contributed by atoms with van der Waals surface area (Å²) in [6, 6.07) is 2.06. The van der Waals surface area contributed by atoms with Crippen molar-refractivity contribution in [2.45, 2.75) is 53.1 Å². The molecular weight excluding hydrogens is 330 g/mol. The Morgan fingerprint density at radius 2 is 2.08 bits per heavy atom. The number of rotatable bonds is 4. The molecule has 26 heavy (non-hydrogen) atoms. The third kappa shape index (κ3) is 4.14. The summed E-state index contributed by atoms with van der Waals surface area (Å²) < 4.78 is 0. The van der Waals surface area contributed by atoms with Crippen molar-refractivity contribution >= 4 is 17.4 Å². The largest absolute Gasteiger partial charge is 0.382 e. The minimum absolute atomic E-state index is 0.0550. The van der Waals surface area contributed by atoms with Gasteiger partial charge in [0.1, 0.15) is 11.6 Å². The standard InChI is InChI=1S/C19H29N5O2/c1-5-15-11-18(21-14(4)20-15)23-7-6-8-24(10-9-23)19(25)17-12-16(13(2)3)22-26-17/h11,13,17H,5-10,12H2,1-4H3. The molecule has 1 aromatic rings. The van der Waals surface area contributed by atoms with E-state index in [0.29, 0.717) is 18.9 Å². The summed E-state index contributed by atoms with van der Waals surface area (Å²) in [5, 5.41) is 4.09. The maximum Gasteiger partial charge on any atom is 0.266 e. The normalized spacial score (nSPS) is 20.8. The quantitative estimate of drug-likeness (QED) is 0.824. The van der Waals surface area contributed by atoms with Gasteiger partial charge in [0.25, 0.3) is 5.91 Å². The highest BCUT2D eigenvalue weighted by Crippen LogP contribution is 2.20. The van der Waals surface area contributed by atoms with Crippen molar-refractivity contribution in [1.82, 2.24) is 14.9 Å². The van der Waals surface area contributed by atoms with Gasteiger partial charge in [0.05, 0.1) is 5.71 Å². The molecule has 142 valence electrons. The van der Waals surface area contributed by atoms with Gasteiger partial charge in [0, 0.05) is 44.4 Å². The SMILES string of the molecule is CCc1cc(N2CCCN(C(=O)C3CC(C(C)C)=NO3)CC2)nc(C)n1. The molecule has 3 rings (SSSR count). The third-order valence-corrected chi connectivity index (χ3v) is 5.00. The zero-order chi connectivity index (χ0) is 18.7. The predicted octanol–water partition coefficient (Wildman–Crippen LogP) is 2.19. The lowest BCUT2D eigenvalue weighted by molar-refractivity contribution is -0.141. The van der Waals surface area contributed by atoms with Gasteiger partial charge in [-0.25, -0.2) is 9.97 Å². The fourth-order valence-electron chi connectivity index (χ4n) is 3.40. The van der Waals surface area contributed by atoms with E-state index in [-0.39, 0.29) is 5.91 Å². The molecule has 3 heterocycles. The summed E-state index contributed by atoms with van der Waals surface area (Å²) in [5.41, 5.74) is 2.03. The predicted molar refractivity (Wildman–Crippen MR) is 101 cm³/mol. The minimum atomic E-state index is -0.452. The summed E-state index contributed by atoms with van der Waals surface area (Å²) in [6.45, 7) is 11.3. The van der Waals surface area contributed by atoms with Crippen molar-refractivity contribution in [2.24, 2.45) is 11.1 Å². The molecule has 1 fully saturated rings. The Bertz CT molecular complexity index is 689. The molecule has 0 aromatic carbocycles. The maximum absolute atomic E-state index is 12.8. The van der Waals surface area contributed by atoms with E-state index < -0.39 is 6.10 Å². The molecule has 0 bridgehead atoms. The van der Waals surface area contributed by atoms with Gasteiger partial charge in [0.2, 0.25) is 6.10 Å². The van der Waals surface area contributed by atoms with Gasteiger partial charge in [-0.2, -0.15) is 0 Å². The van der Waals surface area contributed by atoms with Crippen LogP contribution in [0.2, 0.25) is 0 Å². The van der Waals surface area contributed by atoms with Crippen LogP contribution in [-0.2, 0) is 16.1 Å². The van der Waals surface area contributed by atoms with Crippen LogP contribution in [0.4, 0.5) is 5.82 Å². The van der Waals surface area contributed by atoms with Crippen LogP contribution in [0.5, 0.6) is 0 Å². The van der Waals surface area contributed by atoms with E-state index in [1.54, 1.807) is 0 Å². The Labute approximate surface area is 155 Å². The molecule has 1 amide bonds. The molecule has 2 aliphatic heterocycles. The second-order valence-corrected chi connectivity index (χ2v) is 7.32. The summed E-state index contributed by atoms with van der Waals surface area (Å²) in [4.78, 5) is 31.4. The van der Waals surface area contributed by atoms with Gasteiger partial charge in [-0.05, 0) is 25.7 Å². The maximum atomic E-state index is 12.8. The smallest absolute Gasteiger partial charge is 0.266 e. The van der Waals surface area contributed by atoms with Crippen LogP contribution in [0.3, 0.4) is 0 Å². The molecule has 0 spiro atoms. The first-order chi connectivity index (χ1) is 12.5. The van der Waals surface area contributed by atoms with Gasteiger partial charge < -0.3 is 14.6 Å². The highest BCUT2D eigenvalue weighted by Gasteiger charge is 2.33. The first-order valence-corrected chi connectivity index (χ1v) is 9.58. The highest BCUT2D eigenvalue weighted by atomic mass is 16.6. The minimum Gasteiger partial charge on any atom is -0.382 e. The van der Waals surface area contributed by atoms with Crippen LogP contribution < -0.4 is 4.90 Å². The summed E-state index contributed by atoms with van der Waals surface area (Å²) in [7, 11) is 0. The van der Waals surface area contributed by atoms with Gasteiger partial charge in [0.15, 0.2) is 0 Å². The Hall–Kier alpha value is -2.18. The molecule has 1 aromatic heterocycles. The lowest BCUT2D eigenvalue weighted by atomic mass is 10.0. The molecule has 7 heteroatoms. The zero-order valence-corrected chi connectivity index (χ0v) is 16.2. The number of carbonyl (C=O) groups is 1. The zero-order valence-electron chi connectivity index (χ0n) is 16.2. The Kier molecular flexibility index (Phi) is 5.74. The average molecular weight is 359 g/mol. The Balaban J connectivity index is 1.62. The van der Waals surface area contributed by atoms with Crippen molar-refractivity contribution in [3.63, 3.8) is 0 Å². The van der Waals surface area contributed by atoms with Crippen molar-refractivity contribution in [3.8, 4) is 0 Å². The fourth-order valence-corrected chi connectivity index (χ4v) is 3.40. The monoisotopic (exact) mass is 359 g/mol. The molecule has 1 unspecified atom stereocenters. The third-order valence-electron chi connectivity index (χ3n) is 5.00. The molecule has 1 atom stereocenters. The van der Waals surface area contributed by atoms with Gasteiger partial charge in [-0.1, -0.05) is 25.9 Å². The van der Waals surface area contributed by atoms with Crippen LogP contribution in [-0.4, -0.2) is 58.8 Å². The molecular formula is C19H29N5O2. The van der Waals surface area contributed by atoms with E-state index >= 15 is 0 Å². The van der Waals surface area contributed by atoms with E-state index in [1.807, 2.05) is 11.8 Å². The van der Waals surface area contributed by atoms with Crippen LogP contribution in [0.15, 0.2) is 11.2 Å². The van der Waals surface area contributed by atoms with Crippen LogP contribution in [0.25, 0.3) is 0 Å². The summed E-state index contributed by atoms with van der Waals surface area (Å²) in [6.07, 6.45) is 1.97. The van der Waals surface area contributed by atoms with Crippen molar-refractivity contribution < 1.29 is 9.63 Å². The number of hydrogen-bond donors (Lipinski definition) is 0. The van der Waals surface area contributed by atoms with Gasteiger partial charge in [-0.3, -0.25) is 4.79 Å². The van der Waals surface area contributed by atoms with Gasteiger partial charge >= 0.3 is 0 Å². The van der Waals surface area contributed by atoms with Crippen molar-refractivity contribution in [2.75, 3.05) is 31.1 Å². The average Bonchev–Trinajstić information content (AvgIpc) is 2.99. The van der Waals surface area contributed by atoms with E-state index in [1.165, 1.54) is 0 Å². The van der Waals surface area contributed by atoms with Crippen LogP contribution >= 0.6 is 0 Å². The summed E-state index contributed by atoms with van der Waals surface area (Å²) >= 11 is 0. The molecule has 1 saturated heterocycles. The van der Waals surface area contributed by atoms with E-state index in [0.717, 1.165) is 55.5 Å². The number of anilines is 1. The molecule has 7 nitrogen and oxygen atoms in total. The lowest BCUT2D eigenvalue weighted by Gasteiger charge is -2.24. The van der Waals surface area contributed by atoms with Gasteiger partial charge in [-0.15, -0.1) is 0 Å². The second kappa shape index (κ2) is 8.01. The number of nitrogens with zero attached hydrogens (tertiary/aromatic N) is 5. The first-order valence-electron chi connectivity index (χ1n) is 9.58. The molecule has 0 radical (unpaired) electrons.